The minimum Gasteiger partial charge on any atom is -0.463 e. The quantitative estimate of drug-likeness (QED) is 0.476. The summed E-state index contributed by atoms with van der Waals surface area (Å²) in [6, 6.07) is -0.161. The molecule has 3 fully saturated rings. The van der Waals surface area contributed by atoms with Crippen molar-refractivity contribution in [3.05, 3.63) is 11.6 Å². The van der Waals surface area contributed by atoms with Gasteiger partial charge in [0.25, 0.3) is 0 Å². The number of allylic oxidation sites excluding steroid dienone is 1. The Morgan fingerprint density at radius 2 is 2.08 bits per heavy atom. The molecule has 2 N–H and O–H groups in total. The molecule has 0 aliphatic carbocycles. The van der Waals surface area contributed by atoms with Crippen molar-refractivity contribution in [3.63, 3.8) is 0 Å². The van der Waals surface area contributed by atoms with Crippen molar-refractivity contribution in [2.45, 2.75) is 57.5 Å². The first-order chi connectivity index (χ1) is 11.8. The second-order valence-electron chi connectivity index (χ2n) is 7.61. The summed E-state index contributed by atoms with van der Waals surface area (Å²) in [5, 5.41) is 20.9. The SMILES string of the molecule is C/C=C1/C[C@@H](C)[C@](C)(O)C(=O)OC[C@@H]2[C@@H]3[C@@H](CCN3C[C@H]2O)OC1=O. The predicted octanol–water partition coefficient (Wildman–Crippen LogP) is 0.243. The van der Waals surface area contributed by atoms with Gasteiger partial charge in [-0.15, -0.1) is 0 Å². The van der Waals surface area contributed by atoms with Gasteiger partial charge in [-0.25, -0.2) is 9.59 Å². The van der Waals surface area contributed by atoms with Crippen molar-refractivity contribution in [1.29, 1.82) is 0 Å². The molecule has 0 aromatic heterocycles. The van der Waals surface area contributed by atoms with Crippen molar-refractivity contribution in [3.8, 4) is 0 Å². The van der Waals surface area contributed by atoms with Gasteiger partial charge in [-0.3, -0.25) is 4.90 Å². The molecule has 3 aliphatic rings. The fourth-order valence-corrected chi connectivity index (χ4v) is 4.13. The molecule has 140 valence electrons. The minimum atomic E-state index is -1.72. The van der Waals surface area contributed by atoms with E-state index in [4.69, 9.17) is 9.47 Å². The number of carbonyl (C=O) groups is 2. The Labute approximate surface area is 147 Å². The van der Waals surface area contributed by atoms with Crippen LogP contribution in [0.1, 0.15) is 33.6 Å². The van der Waals surface area contributed by atoms with Crippen LogP contribution in [0.5, 0.6) is 0 Å². The van der Waals surface area contributed by atoms with E-state index in [-0.39, 0.29) is 31.1 Å². The zero-order chi connectivity index (χ0) is 18.4. The Morgan fingerprint density at radius 3 is 2.76 bits per heavy atom. The Balaban J connectivity index is 1.91. The highest BCUT2D eigenvalue weighted by atomic mass is 16.6. The molecular weight excluding hydrogens is 326 g/mol. The lowest BCUT2D eigenvalue weighted by Gasteiger charge is -2.32. The number of aliphatic hydroxyl groups is 2. The first kappa shape index (κ1) is 18.4. The van der Waals surface area contributed by atoms with Crippen molar-refractivity contribution in [1.82, 2.24) is 4.90 Å². The maximum atomic E-state index is 12.6. The van der Waals surface area contributed by atoms with E-state index in [1.807, 2.05) is 0 Å². The summed E-state index contributed by atoms with van der Waals surface area (Å²) >= 11 is 0. The van der Waals surface area contributed by atoms with Crippen molar-refractivity contribution >= 4 is 11.9 Å². The summed E-state index contributed by atoms with van der Waals surface area (Å²) in [4.78, 5) is 27.1. The average molecular weight is 353 g/mol. The number of rotatable bonds is 0. The van der Waals surface area contributed by atoms with Crippen LogP contribution in [0, 0.1) is 11.8 Å². The maximum absolute atomic E-state index is 12.6. The molecule has 3 aliphatic heterocycles. The molecule has 0 spiro atoms. The molecule has 3 saturated heterocycles. The standard InChI is InChI=1S/C18H27NO6/c1-4-11-7-10(2)18(3,23)17(22)24-9-12-13(20)8-19-6-5-14(15(12)19)25-16(11)21/h4,10,12-15,20,23H,5-9H2,1-3H3/b11-4-/t10-,12+,13-,14-,15-,18+/m1/s1. The summed E-state index contributed by atoms with van der Waals surface area (Å²) in [5.41, 5.74) is -1.28. The third-order valence-corrected chi connectivity index (χ3v) is 6.03. The lowest BCUT2D eigenvalue weighted by Crippen LogP contribution is -2.47. The minimum absolute atomic E-state index is 0.00849. The molecule has 3 rings (SSSR count). The summed E-state index contributed by atoms with van der Waals surface area (Å²) in [5.74, 6) is -1.97. The summed E-state index contributed by atoms with van der Waals surface area (Å²) in [7, 11) is 0. The van der Waals surface area contributed by atoms with Crippen LogP contribution in [0.3, 0.4) is 0 Å². The van der Waals surface area contributed by atoms with Crippen LogP contribution >= 0.6 is 0 Å². The van der Waals surface area contributed by atoms with Gasteiger partial charge in [-0.2, -0.15) is 0 Å². The Hall–Kier alpha value is -1.44. The van der Waals surface area contributed by atoms with E-state index in [1.54, 1.807) is 19.9 Å². The van der Waals surface area contributed by atoms with Crippen LogP contribution < -0.4 is 0 Å². The number of nitrogens with zero attached hydrogens (tertiary/aromatic N) is 1. The Kier molecular flexibility index (Phi) is 4.92. The monoisotopic (exact) mass is 353 g/mol. The molecule has 3 heterocycles. The molecule has 0 saturated carbocycles. The maximum Gasteiger partial charge on any atom is 0.338 e. The highest BCUT2D eigenvalue weighted by Crippen LogP contribution is 2.37. The fraction of sp³-hybridized carbons (Fsp3) is 0.778. The Morgan fingerprint density at radius 1 is 1.36 bits per heavy atom. The van der Waals surface area contributed by atoms with Crippen LogP contribution in [-0.2, 0) is 19.1 Å². The molecule has 6 atom stereocenters. The number of carbonyl (C=O) groups excluding carboxylic acids is 2. The molecule has 0 amide bonds. The molecule has 7 nitrogen and oxygen atoms in total. The van der Waals surface area contributed by atoms with Gasteiger partial charge in [0.1, 0.15) is 6.10 Å². The lowest BCUT2D eigenvalue weighted by molar-refractivity contribution is -0.173. The topological polar surface area (TPSA) is 96.3 Å². The van der Waals surface area contributed by atoms with Gasteiger partial charge in [0, 0.05) is 24.6 Å². The van der Waals surface area contributed by atoms with E-state index in [0.717, 1.165) is 6.54 Å². The van der Waals surface area contributed by atoms with E-state index in [1.165, 1.54) is 6.92 Å². The third kappa shape index (κ3) is 3.20. The second kappa shape index (κ2) is 6.70. The van der Waals surface area contributed by atoms with E-state index < -0.39 is 29.6 Å². The van der Waals surface area contributed by atoms with Crippen LogP contribution in [0.4, 0.5) is 0 Å². The number of cyclic esters (lactones) is 1. The van der Waals surface area contributed by atoms with E-state index in [9.17, 15) is 19.8 Å². The zero-order valence-corrected chi connectivity index (χ0v) is 15.0. The second-order valence-corrected chi connectivity index (χ2v) is 7.61. The van der Waals surface area contributed by atoms with Gasteiger partial charge < -0.3 is 19.7 Å². The zero-order valence-electron chi connectivity index (χ0n) is 15.0. The summed E-state index contributed by atoms with van der Waals surface area (Å²) in [6.45, 7) is 6.07. The lowest BCUT2D eigenvalue weighted by atomic mass is 9.85. The van der Waals surface area contributed by atoms with Gasteiger partial charge >= 0.3 is 11.9 Å². The van der Waals surface area contributed by atoms with E-state index in [0.29, 0.717) is 18.5 Å². The third-order valence-electron chi connectivity index (χ3n) is 6.03. The van der Waals surface area contributed by atoms with E-state index >= 15 is 0 Å². The first-order valence-electron chi connectivity index (χ1n) is 8.93. The highest BCUT2D eigenvalue weighted by molar-refractivity contribution is 5.89. The van der Waals surface area contributed by atoms with Crippen LogP contribution in [0.25, 0.3) is 0 Å². The van der Waals surface area contributed by atoms with Crippen LogP contribution in [0.15, 0.2) is 11.6 Å². The van der Waals surface area contributed by atoms with Gasteiger partial charge in [-0.1, -0.05) is 13.0 Å². The molecule has 25 heavy (non-hydrogen) atoms. The highest BCUT2D eigenvalue weighted by Gasteiger charge is 2.51. The summed E-state index contributed by atoms with van der Waals surface area (Å²) < 4.78 is 11.1. The van der Waals surface area contributed by atoms with Crippen molar-refractivity contribution in [2.24, 2.45) is 11.8 Å². The van der Waals surface area contributed by atoms with Gasteiger partial charge in [0.2, 0.25) is 0 Å². The molecular formula is C18H27NO6. The van der Waals surface area contributed by atoms with Gasteiger partial charge in [0.15, 0.2) is 5.60 Å². The molecule has 7 heteroatoms. The van der Waals surface area contributed by atoms with Gasteiger partial charge in [-0.05, 0) is 32.6 Å². The van der Waals surface area contributed by atoms with E-state index in [2.05, 4.69) is 4.90 Å². The Bertz CT molecular complexity index is 586. The molecule has 0 aromatic carbocycles. The van der Waals surface area contributed by atoms with Crippen molar-refractivity contribution < 1.29 is 29.3 Å². The molecule has 0 unspecified atom stereocenters. The largest absolute Gasteiger partial charge is 0.463 e. The number of ether oxygens (including phenoxy) is 2. The van der Waals surface area contributed by atoms with Crippen molar-refractivity contribution in [2.75, 3.05) is 19.7 Å². The number of hydrogen-bond acceptors (Lipinski definition) is 7. The van der Waals surface area contributed by atoms with Crippen LogP contribution in [-0.4, -0.2) is 70.6 Å². The normalized spacial score (nSPS) is 44.7. The molecule has 0 bridgehead atoms. The summed E-state index contributed by atoms with van der Waals surface area (Å²) in [6.07, 6.45) is 1.63. The first-order valence-corrected chi connectivity index (χ1v) is 8.93. The smallest absolute Gasteiger partial charge is 0.338 e. The van der Waals surface area contributed by atoms with Crippen LogP contribution in [0.2, 0.25) is 0 Å². The molecule has 0 radical (unpaired) electrons. The number of hydrogen-bond donors (Lipinski definition) is 2. The molecule has 0 aromatic rings. The number of aliphatic hydroxyl groups excluding tert-OH is 1. The van der Waals surface area contributed by atoms with Gasteiger partial charge in [0.05, 0.1) is 18.8 Å². The fourth-order valence-electron chi connectivity index (χ4n) is 4.13. The average Bonchev–Trinajstić information content (AvgIpc) is 3.08. The number of esters is 2. The predicted molar refractivity (Wildman–Crippen MR) is 88.5 cm³/mol.